The largest absolute Gasteiger partial charge is 0.339 e. The average Bonchev–Trinajstić information content (AvgIpc) is 3.50. The number of ketones is 1. The van der Waals surface area contributed by atoms with E-state index in [0.717, 1.165) is 43.7 Å². The van der Waals surface area contributed by atoms with E-state index in [0.29, 0.717) is 18.9 Å². The summed E-state index contributed by atoms with van der Waals surface area (Å²) in [5, 5.41) is 0. The number of aryl methyl sites for hydroxylation is 2. The molecule has 0 heterocycles. The van der Waals surface area contributed by atoms with Gasteiger partial charge >= 0.3 is 0 Å². The van der Waals surface area contributed by atoms with Gasteiger partial charge in [0, 0.05) is 31.0 Å². The molecule has 0 N–H and O–H groups in total. The van der Waals surface area contributed by atoms with Crippen molar-refractivity contribution in [1.82, 2.24) is 4.90 Å². The Morgan fingerprint density at radius 3 is 2.42 bits per heavy atom. The van der Waals surface area contributed by atoms with Crippen molar-refractivity contribution in [3.05, 3.63) is 34.9 Å². The molecule has 0 spiro atoms. The van der Waals surface area contributed by atoms with Gasteiger partial charge in [0.25, 0.3) is 0 Å². The van der Waals surface area contributed by atoms with Gasteiger partial charge in [-0.3, -0.25) is 9.59 Å². The summed E-state index contributed by atoms with van der Waals surface area (Å²) in [6.07, 6.45) is 10.3. The highest BCUT2D eigenvalue weighted by Gasteiger charge is 2.36. The predicted octanol–water partition coefficient (Wildman–Crippen LogP) is 3.93. The molecule has 24 heavy (non-hydrogen) atoms. The van der Waals surface area contributed by atoms with E-state index in [2.05, 4.69) is 17.0 Å². The van der Waals surface area contributed by atoms with Gasteiger partial charge in [-0.25, -0.2) is 0 Å². The Morgan fingerprint density at radius 2 is 1.71 bits per heavy atom. The standard InChI is InChI=1S/C21H27NO2/c23-20(18-8-7-16-3-1-2-4-17(16)13-18)11-12-21(24)22(19-9-10-19)14-15-5-6-15/h7-8,13,15,19H,1-6,9-12,14H2. The van der Waals surface area contributed by atoms with Gasteiger partial charge in [0.2, 0.25) is 5.91 Å². The molecule has 0 bridgehead atoms. The lowest BCUT2D eigenvalue weighted by atomic mass is 9.89. The van der Waals surface area contributed by atoms with Crippen molar-refractivity contribution in [2.24, 2.45) is 5.92 Å². The summed E-state index contributed by atoms with van der Waals surface area (Å²) in [5.74, 6) is 1.04. The minimum atomic E-state index is 0.124. The van der Waals surface area contributed by atoms with Crippen LogP contribution in [0.4, 0.5) is 0 Å². The molecule has 0 aromatic heterocycles. The van der Waals surface area contributed by atoms with Gasteiger partial charge in [-0.1, -0.05) is 12.1 Å². The number of carbonyl (C=O) groups excluding carboxylic acids is 2. The average molecular weight is 325 g/mol. The van der Waals surface area contributed by atoms with Crippen LogP contribution < -0.4 is 0 Å². The maximum Gasteiger partial charge on any atom is 0.223 e. The van der Waals surface area contributed by atoms with Crippen molar-refractivity contribution in [2.75, 3.05) is 6.54 Å². The quantitative estimate of drug-likeness (QED) is 0.712. The smallest absolute Gasteiger partial charge is 0.223 e. The molecule has 0 radical (unpaired) electrons. The summed E-state index contributed by atoms with van der Waals surface area (Å²) < 4.78 is 0. The number of hydrogen-bond donors (Lipinski definition) is 0. The molecule has 3 nitrogen and oxygen atoms in total. The molecule has 0 atom stereocenters. The molecule has 0 saturated heterocycles. The summed E-state index contributed by atoms with van der Waals surface area (Å²) in [6.45, 7) is 0.927. The second-order valence-electron chi connectivity index (χ2n) is 7.83. The van der Waals surface area contributed by atoms with Crippen molar-refractivity contribution in [1.29, 1.82) is 0 Å². The molecular weight excluding hydrogens is 298 g/mol. The normalized spacial score (nSPS) is 19.7. The number of amides is 1. The SMILES string of the molecule is O=C(CCC(=O)N(CC1CC1)C1CC1)c1ccc2c(c1)CCCC2. The molecule has 2 fully saturated rings. The maximum absolute atomic E-state index is 12.5. The monoisotopic (exact) mass is 325 g/mol. The zero-order chi connectivity index (χ0) is 16.5. The van der Waals surface area contributed by atoms with Crippen LogP contribution in [0.25, 0.3) is 0 Å². The molecule has 0 aliphatic heterocycles. The zero-order valence-electron chi connectivity index (χ0n) is 14.4. The van der Waals surface area contributed by atoms with Crippen LogP contribution in [0, 0.1) is 5.92 Å². The highest BCUT2D eigenvalue weighted by atomic mass is 16.2. The fourth-order valence-corrected chi connectivity index (χ4v) is 3.83. The van der Waals surface area contributed by atoms with Crippen molar-refractivity contribution in [2.45, 2.75) is 70.3 Å². The minimum absolute atomic E-state index is 0.124. The van der Waals surface area contributed by atoms with Gasteiger partial charge in [0.15, 0.2) is 5.78 Å². The van der Waals surface area contributed by atoms with Crippen molar-refractivity contribution >= 4 is 11.7 Å². The van der Waals surface area contributed by atoms with Gasteiger partial charge in [-0.05, 0) is 74.5 Å². The van der Waals surface area contributed by atoms with Crippen LogP contribution in [-0.2, 0) is 17.6 Å². The topological polar surface area (TPSA) is 37.4 Å². The van der Waals surface area contributed by atoms with Crippen LogP contribution in [-0.4, -0.2) is 29.2 Å². The van der Waals surface area contributed by atoms with E-state index in [-0.39, 0.29) is 11.7 Å². The third-order valence-electron chi connectivity index (χ3n) is 5.70. The molecule has 1 aromatic carbocycles. The second-order valence-corrected chi connectivity index (χ2v) is 7.83. The Labute approximate surface area is 144 Å². The van der Waals surface area contributed by atoms with E-state index in [1.807, 2.05) is 6.07 Å². The first-order valence-corrected chi connectivity index (χ1v) is 9.65. The first kappa shape index (κ1) is 15.9. The molecule has 2 saturated carbocycles. The predicted molar refractivity (Wildman–Crippen MR) is 94.1 cm³/mol. The fourth-order valence-electron chi connectivity index (χ4n) is 3.83. The van der Waals surface area contributed by atoms with E-state index in [1.54, 1.807) is 0 Å². The molecule has 128 valence electrons. The van der Waals surface area contributed by atoms with Gasteiger partial charge in [-0.15, -0.1) is 0 Å². The molecule has 3 aliphatic rings. The molecule has 4 rings (SSSR count). The van der Waals surface area contributed by atoms with Crippen LogP contribution in [0.3, 0.4) is 0 Å². The van der Waals surface area contributed by atoms with Gasteiger partial charge < -0.3 is 4.90 Å². The van der Waals surface area contributed by atoms with E-state index >= 15 is 0 Å². The van der Waals surface area contributed by atoms with E-state index in [9.17, 15) is 9.59 Å². The Kier molecular flexibility index (Phi) is 4.43. The number of Topliss-reactive ketones (excluding diaryl/α,β-unsaturated/α-hetero) is 1. The first-order chi connectivity index (χ1) is 11.7. The third-order valence-corrected chi connectivity index (χ3v) is 5.70. The van der Waals surface area contributed by atoms with Gasteiger partial charge in [0.05, 0.1) is 0 Å². The van der Waals surface area contributed by atoms with Crippen LogP contribution in [0.1, 0.15) is 72.9 Å². The Bertz CT molecular complexity index is 643. The van der Waals surface area contributed by atoms with Crippen molar-refractivity contribution in [3.8, 4) is 0 Å². The molecule has 3 heteroatoms. The molecule has 1 amide bonds. The summed E-state index contributed by atoms with van der Waals surface area (Å²) in [7, 11) is 0. The lowest BCUT2D eigenvalue weighted by Crippen LogP contribution is -2.35. The molecule has 0 unspecified atom stereocenters. The Hall–Kier alpha value is -1.64. The zero-order valence-corrected chi connectivity index (χ0v) is 14.4. The van der Waals surface area contributed by atoms with Crippen LogP contribution in [0.5, 0.6) is 0 Å². The highest BCUT2D eigenvalue weighted by Crippen LogP contribution is 2.35. The number of rotatable bonds is 7. The van der Waals surface area contributed by atoms with Crippen LogP contribution in [0.15, 0.2) is 18.2 Å². The number of hydrogen-bond acceptors (Lipinski definition) is 2. The lowest BCUT2D eigenvalue weighted by Gasteiger charge is -2.22. The second kappa shape index (κ2) is 6.70. The maximum atomic E-state index is 12.5. The van der Waals surface area contributed by atoms with E-state index in [1.165, 1.54) is 36.8 Å². The van der Waals surface area contributed by atoms with E-state index in [4.69, 9.17) is 0 Å². The van der Waals surface area contributed by atoms with Crippen LogP contribution >= 0.6 is 0 Å². The first-order valence-electron chi connectivity index (χ1n) is 9.65. The number of carbonyl (C=O) groups is 2. The number of nitrogens with zero attached hydrogens (tertiary/aromatic N) is 1. The minimum Gasteiger partial charge on any atom is -0.339 e. The molecule has 1 aromatic rings. The fraction of sp³-hybridized carbons (Fsp3) is 0.619. The van der Waals surface area contributed by atoms with Crippen LogP contribution in [0.2, 0.25) is 0 Å². The Morgan fingerprint density at radius 1 is 0.958 bits per heavy atom. The van der Waals surface area contributed by atoms with Gasteiger partial charge in [0.1, 0.15) is 0 Å². The Balaban J connectivity index is 1.34. The van der Waals surface area contributed by atoms with E-state index < -0.39 is 0 Å². The summed E-state index contributed by atoms with van der Waals surface area (Å²) in [6, 6.07) is 6.62. The number of benzene rings is 1. The van der Waals surface area contributed by atoms with Gasteiger partial charge in [-0.2, -0.15) is 0 Å². The molecule has 3 aliphatic carbocycles. The molecular formula is C21H27NO2. The third kappa shape index (κ3) is 3.71. The lowest BCUT2D eigenvalue weighted by molar-refractivity contribution is -0.132. The van der Waals surface area contributed by atoms with Crippen molar-refractivity contribution < 1.29 is 9.59 Å². The van der Waals surface area contributed by atoms with Crippen molar-refractivity contribution in [3.63, 3.8) is 0 Å². The highest BCUT2D eigenvalue weighted by molar-refractivity contribution is 5.98. The summed E-state index contributed by atoms with van der Waals surface area (Å²) in [4.78, 5) is 27.1. The summed E-state index contributed by atoms with van der Waals surface area (Å²) >= 11 is 0. The summed E-state index contributed by atoms with van der Waals surface area (Å²) in [5.41, 5.74) is 3.54. The number of fused-ring (bicyclic) bond motifs is 1.